The first-order valence-electron chi connectivity index (χ1n) is 9.94. The van der Waals surface area contributed by atoms with Gasteiger partial charge < -0.3 is 24.2 Å². The van der Waals surface area contributed by atoms with Crippen molar-refractivity contribution in [2.45, 2.75) is 26.3 Å². The van der Waals surface area contributed by atoms with Gasteiger partial charge in [-0.15, -0.1) is 0 Å². The van der Waals surface area contributed by atoms with Crippen LogP contribution in [-0.2, 0) is 9.59 Å². The van der Waals surface area contributed by atoms with E-state index < -0.39 is 0 Å². The van der Waals surface area contributed by atoms with Gasteiger partial charge in [0.25, 0.3) is 5.91 Å². The molecule has 1 aromatic carbocycles. The van der Waals surface area contributed by atoms with Crippen LogP contribution in [-0.4, -0.2) is 85.4 Å². The zero-order chi connectivity index (χ0) is 21.1. The van der Waals surface area contributed by atoms with Crippen LogP contribution in [0.4, 0.5) is 0 Å². The summed E-state index contributed by atoms with van der Waals surface area (Å²) in [6.07, 6.45) is 0.278. The van der Waals surface area contributed by atoms with Crippen molar-refractivity contribution in [3.63, 3.8) is 0 Å². The number of piperazine rings is 1. The number of likely N-dealkylation sites (tertiary alicyclic amines) is 1. The fourth-order valence-electron chi connectivity index (χ4n) is 3.90. The molecule has 2 aliphatic rings. The van der Waals surface area contributed by atoms with Crippen molar-refractivity contribution in [3.8, 4) is 11.5 Å². The number of rotatable bonds is 5. The Morgan fingerprint density at radius 3 is 2.00 bits per heavy atom. The number of benzene rings is 1. The van der Waals surface area contributed by atoms with Crippen molar-refractivity contribution in [2.24, 2.45) is 5.92 Å². The van der Waals surface area contributed by atoms with Crippen molar-refractivity contribution in [2.75, 3.05) is 46.9 Å². The highest BCUT2D eigenvalue weighted by atomic mass is 16.5. The summed E-state index contributed by atoms with van der Waals surface area (Å²) in [5.74, 6) is 0.770. The lowest BCUT2D eigenvalue weighted by Gasteiger charge is -2.36. The normalized spacial score (nSPS) is 19.7. The Kier molecular flexibility index (Phi) is 6.30. The Hall–Kier alpha value is -2.77. The quantitative estimate of drug-likeness (QED) is 0.739. The summed E-state index contributed by atoms with van der Waals surface area (Å²) >= 11 is 0. The molecule has 0 saturated carbocycles. The number of hydrogen-bond acceptors (Lipinski definition) is 5. The standard InChI is InChI=1S/C21H29N3O5/c1-14(2)24-13-16(11-19(24)25)21(27)23-7-5-22(6-8-23)20(26)15-9-17(28-3)12-18(10-15)29-4/h9-10,12,14,16H,5-8,11,13H2,1-4H3. The maximum atomic E-state index is 12.9. The molecule has 0 spiro atoms. The van der Waals surface area contributed by atoms with Crippen LogP contribution in [0.3, 0.4) is 0 Å². The van der Waals surface area contributed by atoms with Crippen molar-refractivity contribution in [1.29, 1.82) is 0 Å². The van der Waals surface area contributed by atoms with Gasteiger partial charge in [-0.3, -0.25) is 14.4 Å². The van der Waals surface area contributed by atoms with E-state index in [9.17, 15) is 14.4 Å². The molecule has 8 heteroatoms. The fourth-order valence-corrected chi connectivity index (χ4v) is 3.90. The van der Waals surface area contributed by atoms with E-state index in [-0.39, 0.29) is 36.1 Å². The van der Waals surface area contributed by atoms with Crippen LogP contribution in [0, 0.1) is 5.92 Å². The van der Waals surface area contributed by atoms with Crippen molar-refractivity contribution in [3.05, 3.63) is 23.8 Å². The van der Waals surface area contributed by atoms with E-state index in [2.05, 4.69) is 0 Å². The molecule has 0 N–H and O–H groups in total. The minimum absolute atomic E-state index is 0.0108. The van der Waals surface area contributed by atoms with Crippen molar-refractivity contribution >= 4 is 17.7 Å². The highest BCUT2D eigenvalue weighted by Gasteiger charge is 2.38. The van der Waals surface area contributed by atoms with E-state index in [1.54, 1.807) is 47.1 Å². The van der Waals surface area contributed by atoms with Gasteiger partial charge in [0.2, 0.25) is 11.8 Å². The summed E-state index contributed by atoms with van der Waals surface area (Å²) in [7, 11) is 3.09. The molecular formula is C21H29N3O5. The second kappa shape index (κ2) is 8.71. The van der Waals surface area contributed by atoms with Gasteiger partial charge >= 0.3 is 0 Å². The molecule has 0 aromatic heterocycles. The molecule has 158 valence electrons. The van der Waals surface area contributed by atoms with Crippen molar-refractivity contribution in [1.82, 2.24) is 14.7 Å². The maximum absolute atomic E-state index is 12.9. The smallest absolute Gasteiger partial charge is 0.254 e. The summed E-state index contributed by atoms with van der Waals surface area (Å²) in [6.45, 7) is 6.26. The topological polar surface area (TPSA) is 79.4 Å². The molecule has 3 amide bonds. The van der Waals surface area contributed by atoms with Gasteiger partial charge in [-0.05, 0) is 26.0 Å². The molecule has 2 heterocycles. The molecule has 1 atom stereocenters. The first-order valence-corrected chi connectivity index (χ1v) is 9.94. The Labute approximate surface area is 171 Å². The Morgan fingerprint density at radius 2 is 1.52 bits per heavy atom. The molecule has 2 fully saturated rings. The minimum Gasteiger partial charge on any atom is -0.497 e. The molecule has 2 aliphatic heterocycles. The van der Waals surface area contributed by atoms with E-state index >= 15 is 0 Å². The SMILES string of the molecule is COc1cc(OC)cc(C(=O)N2CCN(C(=O)C3CC(=O)N(C(C)C)C3)CC2)c1. The molecule has 0 bridgehead atoms. The number of amides is 3. The average Bonchev–Trinajstić information content (AvgIpc) is 3.14. The molecular weight excluding hydrogens is 374 g/mol. The van der Waals surface area contributed by atoms with Crippen LogP contribution < -0.4 is 9.47 Å². The minimum atomic E-state index is -0.283. The predicted octanol–water partition coefficient (Wildman–Crippen LogP) is 1.25. The van der Waals surface area contributed by atoms with Gasteiger partial charge in [0.05, 0.1) is 20.1 Å². The van der Waals surface area contributed by atoms with Gasteiger partial charge in [-0.2, -0.15) is 0 Å². The summed E-state index contributed by atoms with van der Waals surface area (Å²) < 4.78 is 10.5. The van der Waals surface area contributed by atoms with Gasteiger partial charge in [-0.25, -0.2) is 0 Å². The second-order valence-electron chi connectivity index (χ2n) is 7.76. The zero-order valence-corrected chi connectivity index (χ0v) is 17.5. The van der Waals surface area contributed by atoms with E-state index in [0.717, 1.165) is 0 Å². The van der Waals surface area contributed by atoms with E-state index in [1.165, 1.54) is 0 Å². The Balaban J connectivity index is 1.60. The largest absolute Gasteiger partial charge is 0.497 e. The maximum Gasteiger partial charge on any atom is 0.254 e. The van der Waals surface area contributed by atoms with E-state index in [4.69, 9.17) is 9.47 Å². The average molecular weight is 403 g/mol. The second-order valence-corrected chi connectivity index (χ2v) is 7.76. The molecule has 29 heavy (non-hydrogen) atoms. The molecule has 2 saturated heterocycles. The van der Waals surface area contributed by atoms with Crippen molar-refractivity contribution < 1.29 is 23.9 Å². The van der Waals surface area contributed by atoms with Crippen LogP contribution in [0.25, 0.3) is 0 Å². The third kappa shape index (κ3) is 4.46. The van der Waals surface area contributed by atoms with Crippen LogP contribution >= 0.6 is 0 Å². The predicted molar refractivity (Wildman–Crippen MR) is 107 cm³/mol. The highest BCUT2D eigenvalue weighted by Crippen LogP contribution is 2.25. The Morgan fingerprint density at radius 1 is 0.966 bits per heavy atom. The lowest BCUT2D eigenvalue weighted by atomic mass is 10.1. The number of carbonyl (C=O) groups is 3. The summed E-state index contributed by atoms with van der Waals surface area (Å²) in [5, 5.41) is 0. The number of ether oxygens (including phenoxy) is 2. The first-order chi connectivity index (χ1) is 13.8. The Bertz CT molecular complexity index is 764. The fraction of sp³-hybridized carbons (Fsp3) is 0.571. The lowest BCUT2D eigenvalue weighted by Crippen LogP contribution is -2.52. The third-order valence-electron chi connectivity index (χ3n) is 5.61. The highest BCUT2D eigenvalue weighted by molar-refractivity contribution is 5.95. The molecule has 3 rings (SSSR count). The van der Waals surface area contributed by atoms with Gasteiger partial charge in [-0.1, -0.05) is 0 Å². The number of methoxy groups -OCH3 is 2. The molecule has 0 radical (unpaired) electrons. The summed E-state index contributed by atoms with van der Waals surface area (Å²) in [6, 6.07) is 5.20. The number of carbonyl (C=O) groups excluding carboxylic acids is 3. The number of nitrogens with zero attached hydrogens (tertiary/aromatic N) is 3. The van der Waals surface area contributed by atoms with Gasteiger partial charge in [0.1, 0.15) is 11.5 Å². The monoisotopic (exact) mass is 403 g/mol. The van der Waals surface area contributed by atoms with Crippen LogP contribution in [0.1, 0.15) is 30.6 Å². The molecule has 8 nitrogen and oxygen atoms in total. The van der Waals surface area contributed by atoms with Crippen LogP contribution in [0.15, 0.2) is 18.2 Å². The zero-order valence-electron chi connectivity index (χ0n) is 17.5. The molecule has 1 unspecified atom stereocenters. The van der Waals surface area contributed by atoms with E-state index in [1.807, 2.05) is 13.8 Å². The van der Waals surface area contributed by atoms with Crippen LogP contribution in [0.5, 0.6) is 11.5 Å². The van der Waals surface area contributed by atoms with Crippen LogP contribution in [0.2, 0.25) is 0 Å². The number of hydrogen-bond donors (Lipinski definition) is 0. The molecule has 1 aromatic rings. The van der Waals surface area contributed by atoms with Gasteiger partial charge in [0, 0.05) is 56.8 Å². The molecule has 0 aliphatic carbocycles. The van der Waals surface area contributed by atoms with Gasteiger partial charge in [0.15, 0.2) is 0 Å². The summed E-state index contributed by atoms with van der Waals surface area (Å²) in [5.41, 5.74) is 0.495. The lowest BCUT2D eigenvalue weighted by molar-refractivity contribution is -0.137. The van der Waals surface area contributed by atoms with E-state index in [0.29, 0.717) is 49.8 Å². The third-order valence-corrected chi connectivity index (χ3v) is 5.61. The summed E-state index contributed by atoms with van der Waals surface area (Å²) in [4.78, 5) is 43.1. The first kappa shape index (κ1) is 21.0.